The number of imidazole rings is 1. The Kier molecular flexibility index (Phi) is 5.59. The largest absolute Gasteiger partial charge is 0.371 e. The number of anilines is 1. The first kappa shape index (κ1) is 21.0. The normalized spacial score (nSPS) is 12.7. The van der Waals surface area contributed by atoms with Crippen LogP contribution in [-0.4, -0.2) is 39.1 Å². The molecule has 1 atom stereocenters. The molecule has 0 bridgehead atoms. The Morgan fingerprint density at radius 2 is 1.91 bits per heavy atom. The summed E-state index contributed by atoms with van der Waals surface area (Å²) in [6.45, 7) is 5.20. The minimum Gasteiger partial charge on any atom is -0.371 e. The second-order valence-corrected chi connectivity index (χ2v) is 6.86. The highest BCUT2D eigenvalue weighted by atomic mass is 19.1. The molecular formula is C22H19F2N7O. The highest BCUT2D eigenvalue weighted by Gasteiger charge is 2.23. The second kappa shape index (κ2) is 8.50. The number of nitrogens with one attached hydrogen (secondary N) is 2. The number of fused-ring (bicyclic) bond motifs is 1. The van der Waals surface area contributed by atoms with Crippen molar-refractivity contribution < 1.29 is 8.78 Å². The maximum absolute atomic E-state index is 14.7. The van der Waals surface area contributed by atoms with Crippen LogP contribution in [-0.2, 0) is 0 Å². The number of hydrogen-bond donors (Lipinski definition) is 2. The van der Waals surface area contributed by atoms with Gasteiger partial charge in [-0.1, -0.05) is 18.2 Å². The second-order valence-electron chi connectivity index (χ2n) is 6.86. The Hall–Kier alpha value is -4.21. The summed E-state index contributed by atoms with van der Waals surface area (Å²) in [5.74, 6) is -1.05. The van der Waals surface area contributed by atoms with Gasteiger partial charge >= 0.3 is 0 Å². The average Bonchev–Trinajstić information content (AvgIpc) is 3.27. The van der Waals surface area contributed by atoms with Crippen LogP contribution in [0.3, 0.4) is 0 Å². The van der Waals surface area contributed by atoms with E-state index in [0.717, 1.165) is 16.7 Å². The molecule has 2 heterocycles. The number of para-hydroxylation sites is 2. The predicted octanol–water partition coefficient (Wildman–Crippen LogP) is 3.64. The third kappa shape index (κ3) is 3.55. The van der Waals surface area contributed by atoms with Crippen molar-refractivity contribution in [3.63, 3.8) is 0 Å². The SMILES string of the molecule is C=NC(=N[C@@H](C)c1nc2ccccc2c(=O)n1-c1c(F)cccc1F)c1[nH]cnc1NC. The molecule has 4 aromatic rings. The van der Waals surface area contributed by atoms with E-state index in [4.69, 9.17) is 0 Å². The maximum atomic E-state index is 14.7. The standard InChI is InChI=1S/C22H19F2N7O/c1-12(29-20(26-3)17-19(25-2)28-11-27-17)21-30-16-10-5-4-7-13(16)22(32)31(21)18-14(23)8-6-9-15(18)24/h4-12,25H,3H2,1-2H3,(H,27,28)/t12-/m0/s1. The van der Waals surface area contributed by atoms with Crippen molar-refractivity contribution >= 4 is 29.3 Å². The van der Waals surface area contributed by atoms with Gasteiger partial charge in [-0.3, -0.25) is 14.4 Å². The van der Waals surface area contributed by atoms with Gasteiger partial charge in [0.1, 0.15) is 34.9 Å². The zero-order chi connectivity index (χ0) is 22.8. The quantitative estimate of drug-likeness (QED) is 0.369. The molecule has 0 saturated carbocycles. The summed E-state index contributed by atoms with van der Waals surface area (Å²) in [6.07, 6.45) is 1.46. The first-order valence-corrected chi connectivity index (χ1v) is 9.68. The molecule has 4 rings (SSSR count). The van der Waals surface area contributed by atoms with Crippen molar-refractivity contribution in [2.24, 2.45) is 9.98 Å². The zero-order valence-electron chi connectivity index (χ0n) is 17.3. The van der Waals surface area contributed by atoms with Crippen LogP contribution in [0.1, 0.15) is 24.5 Å². The molecule has 162 valence electrons. The number of aromatic nitrogens is 4. The predicted molar refractivity (Wildman–Crippen MR) is 120 cm³/mol. The van der Waals surface area contributed by atoms with Crippen LogP contribution in [0.4, 0.5) is 14.6 Å². The van der Waals surface area contributed by atoms with Gasteiger partial charge in [0.2, 0.25) is 0 Å². The summed E-state index contributed by atoms with van der Waals surface area (Å²) < 4.78 is 30.3. The molecule has 0 fully saturated rings. The molecule has 2 aromatic heterocycles. The highest BCUT2D eigenvalue weighted by molar-refractivity contribution is 6.03. The number of benzene rings is 2. The van der Waals surface area contributed by atoms with E-state index in [-0.39, 0.29) is 17.0 Å². The molecular weight excluding hydrogens is 416 g/mol. The molecule has 2 N–H and O–H groups in total. The van der Waals surface area contributed by atoms with E-state index in [9.17, 15) is 13.6 Å². The molecule has 0 amide bonds. The summed E-state index contributed by atoms with van der Waals surface area (Å²) >= 11 is 0. The number of amidine groups is 1. The molecule has 0 radical (unpaired) electrons. The molecule has 0 aliphatic heterocycles. The van der Waals surface area contributed by atoms with Gasteiger partial charge in [0.15, 0.2) is 11.7 Å². The van der Waals surface area contributed by atoms with E-state index in [1.54, 1.807) is 38.2 Å². The van der Waals surface area contributed by atoms with Crippen molar-refractivity contribution in [3.8, 4) is 5.69 Å². The lowest BCUT2D eigenvalue weighted by molar-refractivity contribution is 0.555. The number of hydrogen-bond acceptors (Lipinski definition) is 5. The fourth-order valence-electron chi connectivity index (χ4n) is 3.43. The van der Waals surface area contributed by atoms with E-state index >= 15 is 0 Å². The molecule has 0 aliphatic carbocycles. The van der Waals surface area contributed by atoms with Crippen LogP contribution in [0.5, 0.6) is 0 Å². The summed E-state index contributed by atoms with van der Waals surface area (Å²) in [5.41, 5.74) is -0.269. The lowest BCUT2D eigenvalue weighted by Gasteiger charge is -2.17. The Morgan fingerprint density at radius 3 is 2.59 bits per heavy atom. The number of halogens is 2. The first-order valence-electron chi connectivity index (χ1n) is 9.68. The van der Waals surface area contributed by atoms with Crippen molar-refractivity contribution in [2.75, 3.05) is 12.4 Å². The van der Waals surface area contributed by atoms with Gasteiger partial charge in [-0.05, 0) is 37.9 Å². The van der Waals surface area contributed by atoms with Gasteiger partial charge in [-0.25, -0.2) is 23.7 Å². The third-order valence-electron chi connectivity index (χ3n) is 4.90. The number of nitrogens with zero attached hydrogens (tertiary/aromatic N) is 5. The van der Waals surface area contributed by atoms with Crippen molar-refractivity contribution in [1.82, 2.24) is 19.5 Å². The van der Waals surface area contributed by atoms with Crippen LogP contribution < -0.4 is 10.9 Å². The number of aliphatic imine (C=N–C) groups is 2. The highest BCUT2D eigenvalue weighted by Crippen LogP contribution is 2.25. The van der Waals surface area contributed by atoms with Crippen LogP contribution in [0.25, 0.3) is 16.6 Å². The third-order valence-corrected chi connectivity index (χ3v) is 4.90. The lowest BCUT2D eigenvalue weighted by atomic mass is 10.2. The Morgan fingerprint density at radius 1 is 1.19 bits per heavy atom. The zero-order valence-corrected chi connectivity index (χ0v) is 17.3. The molecule has 32 heavy (non-hydrogen) atoms. The summed E-state index contributed by atoms with van der Waals surface area (Å²) in [4.78, 5) is 33.4. The lowest BCUT2D eigenvalue weighted by Crippen LogP contribution is -2.27. The van der Waals surface area contributed by atoms with E-state index in [2.05, 4.69) is 37.0 Å². The van der Waals surface area contributed by atoms with Crippen LogP contribution >= 0.6 is 0 Å². The van der Waals surface area contributed by atoms with E-state index in [0.29, 0.717) is 17.0 Å². The minimum absolute atomic E-state index is 0.0457. The van der Waals surface area contributed by atoms with Crippen LogP contribution in [0.15, 0.2) is 63.6 Å². The van der Waals surface area contributed by atoms with Crippen LogP contribution in [0.2, 0.25) is 0 Å². The van der Waals surface area contributed by atoms with Crippen LogP contribution in [0, 0.1) is 11.6 Å². The van der Waals surface area contributed by atoms with E-state index < -0.39 is 28.9 Å². The smallest absolute Gasteiger partial charge is 0.266 e. The molecule has 2 aromatic carbocycles. The van der Waals surface area contributed by atoms with E-state index in [1.165, 1.54) is 12.4 Å². The monoisotopic (exact) mass is 435 g/mol. The summed E-state index contributed by atoms with van der Waals surface area (Å²) in [5, 5.41) is 3.13. The van der Waals surface area contributed by atoms with Crippen molar-refractivity contribution in [3.05, 3.63) is 82.3 Å². The Labute approximate surface area is 181 Å². The van der Waals surface area contributed by atoms with Crippen molar-refractivity contribution in [1.29, 1.82) is 0 Å². The average molecular weight is 435 g/mol. The molecule has 10 heteroatoms. The first-order chi connectivity index (χ1) is 15.5. The molecule has 8 nitrogen and oxygen atoms in total. The number of rotatable bonds is 5. The van der Waals surface area contributed by atoms with E-state index in [1.807, 2.05) is 0 Å². The topological polar surface area (TPSA) is 100 Å². The minimum atomic E-state index is -0.894. The number of aromatic amines is 1. The Balaban J connectivity index is 1.99. The van der Waals surface area contributed by atoms with Gasteiger partial charge in [-0.2, -0.15) is 0 Å². The van der Waals surface area contributed by atoms with Gasteiger partial charge in [0.05, 0.1) is 17.2 Å². The maximum Gasteiger partial charge on any atom is 0.266 e. The van der Waals surface area contributed by atoms with Gasteiger partial charge in [0.25, 0.3) is 5.56 Å². The van der Waals surface area contributed by atoms with Gasteiger partial charge in [0, 0.05) is 7.05 Å². The summed E-state index contributed by atoms with van der Waals surface area (Å²) in [6, 6.07) is 9.16. The molecule has 0 saturated heterocycles. The van der Waals surface area contributed by atoms with Gasteiger partial charge in [-0.15, -0.1) is 0 Å². The fourth-order valence-corrected chi connectivity index (χ4v) is 3.43. The Bertz CT molecular complexity index is 1390. The number of H-pyrrole nitrogens is 1. The van der Waals surface area contributed by atoms with Crippen molar-refractivity contribution in [2.45, 2.75) is 13.0 Å². The fraction of sp³-hybridized carbons (Fsp3) is 0.136. The summed E-state index contributed by atoms with van der Waals surface area (Å²) in [7, 11) is 1.69. The van der Waals surface area contributed by atoms with Gasteiger partial charge < -0.3 is 10.3 Å². The molecule has 0 spiro atoms. The molecule has 0 aliphatic rings. The molecule has 0 unspecified atom stereocenters.